The molecule has 1 aromatic rings. The molecule has 8 heteroatoms. The summed E-state index contributed by atoms with van der Waals surface area (Å²) in [6.07, 6.45) is -0.0529. The van der Waals surface area contributed by atoms with Gasteiger partial charge in [0.1, 0.15) is 0 Å². The average Bonchev–Trinajstić information content (AvgIpc) is 2.74. The summed E-state index contributed by atoms with van der Waals surface area (Å²) in [5.41, 5.74) is 1.54. The molecular formula is C23H32F4O3S. The highest BCUT2D eigenvalue weighted by Crippen LogP contribution is 2.37. The largest absolute Gasteiger partial charge is 0.448 e. The minimum absolute atomic E-state index is 0.606. The van der Waals surface area contributed by atoms with Gasteiger partial charge < -0.3 is 14.2 Å². The maximum absolute atomic E-state index is 12.8. The van der Waals surface area contributed by atoms with Gasteiger partial charge in [-0.25, -0.2) is 0 Å². The lowest BCUT2D eigenvalue weighted by atomic mass is 10.1. The Balaban J connectivity index is 0.000000258. The second kappa shape index (κ2) is 14.7. The number of ether oxygens (including phenoxy) is 3. The Morgan fingerprint density at radius 3 is 2.52 bits per heavy atom. The van der Waals surface area contributed by atoms with Gasteiger partial charge in [0.05, 0.1) is 12.7 Å². The van der Waals surface area contributed by atoms with E-state index >= 15 is 0 Å². The zero-order valence-corrected chi connectivity index (χ0v) is 19.1. The monoisotopic (exact) mass is 464 g/mol. The maximum atomic E-state index is 12.8. The van der Waals surface area contributed by atoms with Gasteiger partial charge in [0, 0.05) is 18.6 Å². The van der Waals surface area contributed by atoms with Gasteiger partial charge >= 0.3 is 12.2 Å². The van der Waals surface area contributed by atoms with Crippen LogP contribution in [0.3, 0.4) is 0 Å². The van der Waals surface area contributed by atoms with Crippen molar-refractivity contribution in [1.29, 1.82) is 0 Å². The molecule has 31 heavy (non-hydrogen) atoms. The van der Waals surface area contributed by atoms with Crippen molar-refractivity contribution < 1.29 is 31.8 Å². The lowest BCUT2D eigenvalue weighted by Crippen LogP contribution is -2.46. The first-order valence-corrected chi connectivity index (χ1v) is 11.3. The molecule has 2 heterocycles. The molecule has 176 valence electrons. The van der Waals surface area contributed by atoms with Crippen LogP contribution in [0.5, 0.6) is 0 Å². The summed E-state index contributed by atoms with van der Waals surface area (Å²) in [5, 5.41) is 0. The van der Waals surface area contributed by atoms with E-state index in [1.165, 1.54) is 67.6 Å². The lowest BCUT2D eigenvalue weighted by molar-refractivity contribution is -0.433. The summed E-state index contributed by atoms with van der Waals surface area (Å²) >= 11 is 1.99. The number of halogens is 4. The molecule has 3 rings (SSSR count). The fourth-order valence-electron chi connectivity index (χ4n) is 2.52. The van der Waals surface area contributed by atoms with E-state index in [-0.39, 0.29) is 0 Å². The van der Waals surface area contributed by atoms with E-state index in [0.29, 0.717) is 0 Å². The van der Waals surface area contributed by atoms with Crippen LogP contribution < -0.4 is 0 Å². The number of aryl methyl sites for hydroxylation is 1. The van der Waals surface area contributed by atoms with Crippen LogP contribution >= 0.6 is 11.8 Å². The van der Waals surface area contributed by atoms with E-state index in [2.05, 4.69) is 40.7 Å². The van der Waals surface area contributed by atoms with Crippen LogP contribution in [0, 0.1) is 0 Å². The van der Waals surface area contributed by atoms with Gasteiger partial charge in [-0.05, 0) is 43.6 Å². The Morgan fingerprint density at radius 1 is 1.13 bits per heavy atom. The summed E-state index contributed by atoms with van der Waals surface area (Å²) in [6, 6.07) is 8.71. The number of unbranched alkanes of at least 4 members (excludes halogenated alkanes) is 1. The summed E-state index contributed by atoms with van der Waals surface area (Å²) in [5.74, 6) is 1.30. The summed E-state index contributed by atoms with van der Waals surface area (Å²) < 4.78 is 63.6. The molecule has 1 aromatic carbocycles. The molecule has 0 N–H and O–H groups in total. The van der Waals surface area contributed by atoms with Gasteiger partial charge in [0.2, 0.25) is 0 Å². The SMILES string of the molecule is CC1/C=C\C=C/COC(F)(F)C(F)(F)O1.CCCCOC.c1ccc2c(c1)CCCS2. The van der Waals surface area contributed by atoms with Crippen LogP contribution in [0.25, 0.3) is 0 Å². The maximum Gasteiger partial charge on any atom is 0.448 e. The molecule has 0 spiro atoms. The Kier molecular flexibility index (Phi) is 13.1. The van der Waals surface area contributed by atoms with E-state index in [0.717, 1.165) is 6.61 Å². The lowest BCUT2D eigenvalue weighted by Gasteiger charge is -2.27. The molecule has 1 unspecified atom stereocenters. The number of benzene rings is 1. The zero-order chi connectivity index (χ0) is 23.2. The number of hydrogen-bond acceptors (Lipinski definition) is 4. The average molecular weight is 465 g/mol. The molecule has 0 aromatic heterocycles. The predicted octanol–water partition coefficient (Wildman–Crippen LogP) is 6.88. The van der Waals surface area contributed by atoms with Crippen LogP contribution in [-0.4, -0.2) is 44.4 Å². The first-order valence-electron chi connectivity index (χ1n) is 10.3. The third kappa shape index (κ3) is 10.7. The predicted molar refractivity (Wildman–Crippen MR) is 117 cm³/mol. The quantitative estimate of drug-likeness (QED) is 0.360. The Morgan fingerprint density at radius 2 is 1.87 bits per heavy atom. The van der Waals surface area contributed by atoms with E-state index < -0.39 is 24.9 Å². The summed E-state index contributed by atoms with van der Waals surface area (Å²) in [7, 11) is 1.73. The molecule has 0 bridgehead atoms. The van der Waals surface area contributed by atoms with Crippen LogP contribution in [0.15, 0.2) is 53.5 Å². The topological polar surface area (TPSA) is 27.7 Å². The highest BCUT2D eigenvalue weighted by molar-refractivity contribution is 7.99. The van der Waals surface area contributed by atoms with Crippen LogP contribution in [0.1, 0.15) is 38.7 Å². The van der Waals surface area contributed by atoms with Crippen molar-refractivity contribution in [1.82, 2.24) is 0 Å². The first kappa shape index (κ1) is 27.7. The third-order valence-corrected chi connectivity index (χ3v) is 5.39. The van der Waals surface area contributed by atoms with Crippen molar-refractivity contribution in [2.45, 2.75) is 62.7 Å². The number of methoxy groups -OCH3 is 1. The van der Waals surface area contributed by atoms with Gasteiger partial charge in [-0.15, -0.1) is 11.8 Å². The molecule has 0 fully saturated rings. The van der Waals surface area contributed by atoms with Gasteiger partial charge in [0.25, 0.3) is 0 Å². The molecular weight excluding hydrogens is 432 g/mol. The number of rotatable bonds is 3. The second-order valence-corrected chi connectivity index (χ2v) is 8.02. The Bertz CT molecular complexity index is 652. The number of alkyl halides is 4. The molecule has 1 atom stereocenters. The van der Waals surface area contributed by atoms with Crippen molar-refractivity contribution in [2.24, 2.45) is 0 Å². The Labute approximate surface area is 186 Å². The van der Waals surface area contributed by atoms with Crippen molar-refractivity contribution in [3.63, 3.8) is 0 Å². The number of hydrogen-bond donors (Lipinski definition) is 0. The van der Waals surface area contributed by atoms with E-state index in [4.69, 9.17) is 4.74 Å². The molecule has 2 aliphatic heterocycles. The van der Waals surface area contributed by atoms with E-state index in [9.17, 15) is 17.6 Å². The van der Waals surface area contributed by atoms with Crippen LogP contribution in [0.2, 0.25) is 0 Å². The highest BCUT2D eigenvalue weighted by Gasteiger charge is 2.60. The standard InChI is InChI=1S/C9H10F4O2.C9H10S.C5H12O/c1-7-5-3-2-4-6-14-8(10,11)9(12,13)15-7;1-2-6-9-8(4-1)5-3-7-10-9;1-3-4-5-6-2/h2-5,7H,6H2,1H3;1-2,4,6H,3,5,7H2;3-5H2,1-2H3/b4-2-,5-3-;;. The second-order valence-electron chi connectivity index (χ2n) is 6.89. The van der Waals surface area contributed by atoms with Crippen LogP contribution in [-0.2, 0) is 20.6 Å². The number of fused-ring (bicyclic) bond motifs is 1. The molecule has 3 nitrogen and oxygen atoms in total. The smallest absolute Gasteiger partial charge is 0.385 e. The van der Waals surface area contributed by atoms with E-state index in [1.807, 2.05) is 11.8 Å². The number of thioether (sulfide) groups is 1. The molecule has 0 aliphatic carbocycles. The first-order chi connectivity index (χ1) is 14.7. The molecule has 2 aliphatic rings. The normalized spacial score (nSPS) is 23.6. The molecule has 0 saturated heterocycles. The minimum atomic E-state index is -4.64. The summed E-state index contributed by atoms with van der Waals surface area (Å²) in [6.45, 7) is 3.69. The third-order valence-electron chi connectivity index (χ3n) is 4.19. The molecule has 0 saturated carbocycles. The van der Waals surface area contributed by atoms with Crippen molar-refractivity contribution >= 4 is 11.8 Å². The van der Waals surface area contributed by atoms with Gasteiger partial charge in [0.15, 0.2) is 0 Å². The molecule has 0 radical (unpaired) electrons. The van der Waals surface area contributed by atoms with Crippen LogP contribution in [0.4, 0.5) is 17.6 Å². The zero-order valence-electron chi connectivity index (χ0n) is 18.3. The van der Waals surface area contributed by atoms with E-state index in [1.54, 1.807) is 12.7 Å². The minimum Gasteiger partial charge on any atom is -0.385 e. The number of allylic oxidation sites excluding steroid dienone is 2. The molecule has 0 amide bonds. The van der Waals surface area contributed by atoms with Crippen molar-refractivity contribution in [2.75, 3.05) is 26.1 Å². The van der Waals surface area contributed by atoms with Crippen molar-refractivity contribution in [3.8, 4) is 0 Å². The van der Waals surface area contributed by atoms with Gasteiger partial charge in [-0.1, -0.05) is 55.8 Å². The fourth-order valence-corrected chi connectivity index (χ4v) is 3.56. The van der Waals surface area contributed by atoms with Gasteiger partial charge in [-0.3, -0.25) is 0 Å². The van der Waals surface area contributed by atoms with Gasteiger partial charge in [-0.2, -0.15) is 17.6 Å². The fraction of sp³-hybridized carbons (Fsp3) is 0.565. The highest BCUT2D eigenvalue weighted by atomic mass is 32.2. The van der Waals surface area contributed by atoms with Crippen molar-refractivity contribution in [3.05, 3.63) is 54.1 Å². The Hall–Kier alpha value is -1.35. The summed E-state index contributed by atoms with van der Waals surface area (Å²) in [4.78, 5) is 1.49.